The lowest BCUT2D eigenvalue weighted by atomic mass is 9.93. The van der Waals surface area contributed by atoms with Crippen LogP contribution in [-0.4, -0.2) is 23.2 Å². The molecule has 2 atom stereocenters. The largest absolute Gasteiger partial charge is 0.418 e. The minimum atomic E-state index is -4.67. The predicted octanol–water partition coefficient (Wildman–Crippen LogP) is 3.59. The molecule has 0 aliphatic carbocycles. The molecule has 116 valence electrons. The number of nitro benzene ring substituents is 1. The highest BCUT2D eigenvalue weighted by molar-refractivity contribution is 5.59. The van der Waals surface area contributed by atoms with E-state index in [0.29, 0.717) is 19.1 Å². The highest BCUT2D eigenvalue weighted by Gasteiger charge is 2.41. The van der Waals surface area contributed by atoms with Crippen LogP contribution in [0.2, 0.25) is 0 Å². The number of alkyl halides is 3. The highest BCUT2D eigenvalue weighted by atomic mass is 19.4. The number of hydrogen-bond donors (Lipinski definition) is 1. The molecule has 5 nitrogen and oxygen atoms in total. The van der Waals surface area contributed by atoms with E-state index in [1.807, 2.05) is 0 Å². The van der Waals surface area contributed by atoms with E-state index >= 15 is 0 Å². The van der Waals surface area contributed by atoms with Gasteiger partial charge in [0.25, 0.3) is 5.69 Å². The molecule has 0 bridgehead atoms. The molecule has 1 aromatic carbocycles. The molecular weight excluding hydrogens is 289 g/mol. The van der Waals surface area contributed by atoms with Gasteiger partial charge in [0.1, 0.15) is 0 Å². The molecule has 1 fully saturated rings. The van der Waals surface area contributed by atoms with Gasteiger partial charge < -0.3 is 10.1 Å². The Kier molecular flexibility index (Phi) is 3.83. The molecule has 1 N–H and O–H groups in total. The maximum absolute atomic E-state index is 13.1. The monoisotopic (exact) mass is 304 g/mol. The molecule has 0 spiro atoms. The third kappa shape index (κ3) is 3.10. The smallest absolute Gasteiger partial charge is 0.377 e. The molecule has 0 radical (unpaired) electrons. The topological polar surface area (TPSA) is 64.4 Å². The van der Waals surface area contributed by atoms with Gasteiger partial charge in [-0.1, -0.05) is 0 Å². The summed E-state index contributed by atoms with van der Waals surface area (Å²) in [7, 11) is 0. The Morgan fingerprint density at radius 2 is 2.14 bits per heavy atom. The average molecular weight is 304 g/mol. The van der Waals surface area contributed by atoms with Gasteiger partial charge in [-0.05, 0) is 26.3 Å². The summed E-state index contributed by atoms with van der Waals surface area (Å²) < 4.78 is 44.7. The summed E-state index contributed by atoms with van der Waals surface area (Å²) in [6.07, 6.45) is -4.37. The third-order valence-corrected chi connectivity index (χ3v) is 3.83. The van der Waals surface area contributed by atoms with E-state index < -0.39 is 27.9 Å². The van der Waals surface area contributed by atoms with Gasteiger partial charge in [-0.15, -0.1) is 0 Å². The van der Waals surface area contributed by atoms with Crippen molar-refractivity contribution in [2.24, 2.45) is 0 Å². The number of ether oxygens (including phenoxy) is 1. The normalized spacial score (nSPS) is 25.9. The van der Waals surface area contributed by atoms with Crippen molar-refractivity contribution in [3.63, 3.8) is 0 Å². The summed E-state index contributed by atoms with van der Waals surface area (Å²) in [6.45, 7) is 4.00. The fourth-order valence-electron chi connectivity index (χ4n) is 2.30. The molecule has 2 rings (SSSR count). The van der Waals surface area contributed by atoms with Crippen LogP contribution < -0.4 is 5.32 Å². The second kappa shape index (κ2) is 5.18. The number of nitrogens with zero attached hydrogens (tertiary/aromatic N) is 1. The summed E-state index contributed by atoms with van der Waals surface area (Å²) in [6, 6.07) is 2.70. The standard InChI is InChI=1S/C13H15F3N2O3/c1-8-12(2,5-6-21-8)17-11-4-3-9(18(19)20)7-10(11)13(14,15)16/h3-4,7-8,17H,5-6H2,1-2H3. The zero-order chi connectivity index (χ0) is 15.8. The highest BCUT2D eigenvalue weighted by Crippen LogP contribution is 2.39. The molecule has 0 aromatic heterocycles. The summed E-state index contributed by atoms with van der Waals surface area (Å²) in [5.41, 5.74) is -2.45. The van der Waals surface area contributed by atoms with Gasteiger partial charge in [0, 0.05) is 24.4 Å². The number of nitro groups is 1. The lowest BCUT2D eigenvalue weighted by Crippen LogP contribution is -2.41. The zero-order valence-electron chi connectivity index (χ0n) is 11.5. The van der Waals surface area contributed by atoms with Gasteiger partial charge in [0.15, 0.2) is 0 Å². The van der Waals surface area contributed by atoms with Crippen LogP contribution in [0.1, 0.15) is 25.8 Å². The first-order valence-corrected chi connectivity index (χ1v) is 6.39. The predicted molar refractivity (Wildman–Crippen MR) is 70.2 cm³/mol. The molecule has 0 saturated carbocycles. The minimum Gasteiger partial charge on any atom is -0.377 e. The second-order valence-electron chi connectivity index (χ2n) is 5.29. The Labute approximate surface area is 119 Å². The van der Waals surface area contributed by atoms with E-state index in [2.05, 4.69) is 5.32 Å². The molecule has 1 aliphatic heterocycles. The third-order valence-electron chi connectivity index (χ3n) is 3.83. The number of rotatable bonds is 3. The molecular formula is C13H15F3N2O3. The summed E-state index contributed by atoms with van der Waals surface area (Å²) in [5.74, 6) is 0. The maximum atomic E-state index is 13.1. The Balaban J connectivity index is 2.41. The average Bonchev–Trinajstić information content (AvgIpc) is 2.68. The van der Waals surface area contributed by atoms with Crippen molar-refractivity contribution in [3.05, 3.63) is 33.9 Å². The lowest BCUT2D eigenvalue weighted by molar-refractivity contribution is -0.385. The van der Waals surface area contributed by atoms with Gasteiger partial charge in [-0.25, -0.2) is 0 Å². The van der Waals surface area contributed by atoms with E-state index in [1.165, 1.54) is 0 Å². The van der Waals surface area contributed by atoms with Crippen molar-refractivity contribution in [1.82, 2.24) is 0 Å². The van der Waals surface area contributed by atoms with Crippen molar-refractivity contribution in [2.75, 3.05) is 11.9 Å². The maximum Gasteiger partial charge on any atom is 0.418 e. The van der Waals surface area contributed by atoms with Gasteiger partial charge >= 0.3 is 6.18 Å². The number of halogens is 3. The van der Waals surface area contributed by atoms with E-state index in [0.717, 1.165) is 12.1 Å². The minimum absolute atomic E-state index is 0.173. The van der Waals surface area contributed by atoms with Gasteiger partial charge in [0.2, 0.25) is 0 Å². The summed E-state index contributed by atoms with van der Waals surface area (Å²) in [4.78, 5) is 9.80. The Hall–Kier alpha value is -1.83. The van der Waals surface area contributed by atoms with Crippen molar-refractivity contribution >= 4 is 11.4 Å². The van der Waals surface area contributed by atoms with Gasteiger partial charge in [-0.2, -0.15) is 13.2 Å². The van der Waals surface area contributed by atoms with E-state index in [4.69, 9.17) is 4.74 Å². The van der Waals surface area contributed by atoms with Crippen molar-refractivity contribution in [1.29, 1.82) is 0 Å². The second-order valence-corrected chi connectivity index (χ2v) is 5.29. The van der Waals surface area contributed by atoms with E-state index in [9.17, 15) is 23.3 Å². The first kappa shape index (κ1) is 15.6. The van der Waals surface area contributed by atoms with Crippen LogP contribution >= 0.6 is 0 Å². The molecule has 1 aromatic rings. The molecule has 0 amide bonds. The van der Waals surface area contributed by atoms with E-state index in [-0.39, 0.29) is 11.8 Å². The van der Waals surface area contributed by atoms with Crippen LogP contribution in [0.3, 0.4) is 0 Å². The zero-order valence-corrected chi connectivity index (χ0v) is 11.5. The van der Waals surface area contributed by atoms with Crippen LogP contribution in [0, 0.1) is 10.1 Å². The Morgan fingerprint density at radius 3 is 2.62 bits per heavy atom. The first-order valence-electron chi connectivity index (χ1n) is 6.39. The fourth-order valence-corrected chi connectivity index (χ4v) is 2.30. The fraction of sp³-hybridized carbons (Fsp3) is 0.538. The molecule has 2 unspecified atom stereocenters. The van der Waals surface area contributed by atoms with Crippen LogP contribution in [0.15, 0.2) is 18.2 Å². The number of non-ortho nitro benzene ring substituents is 1. The van der Waals surface area contributed by atoms with Crippen molar-refractivity contribution in [2.45, 2.75) is 38.1 Å². The van der Waals surface area contributed by atoms with Crippen molar-refractivity contribution < 1.29 is 22.8 Å². The van der Waals surface area contributed by atoms with Crippen LogP contribution in [-0.2, 0) is 10.9 Å². The lowest BCUT2D eigenvalue weighted by Gasteiger charge is -2.31. The van der Waals surface area contributed by atoms with Crippen LogP contribution in [0.25, 0.3) is 0 Å². The number of anilines is 1. The summed E-state index contributed by atoms with van der Waals surface area (Å²) >= 11 is 0. The Bertz CT molecular complexity index is 562. The van der Waals surface area contributed by atoms with Gasteiger partial charge in [0.05, 0.1) is 22.1 Å². The molecule has 21 heavy (non-hydrogen) atoms. The quantitative estimate of drug-likeness (QED) is 0.684. The van der Waals surface area contributed by atoms with Crippen LogP contribution in [0.5, 0.6) is 0 Å². The number of hydrogen-bond acceptors (Lipinski definition) is 4. The van der Waals surface area contributed by atoms with Crippen molar-refractivity contribution in [3.8, 4) is 0 Å². The number of nitrogens with one attached hydrogen (secondary N) is 1. The first-order chi connectivity index (χ1) is 9.63. The SMILES string of the molecule is CC1OCCC1(C)Nc1ccc([N+](=O)[O-])cc1C(F)(F)F. The summed E-state index contributed by atoms with van der Waals surface area (Å²) in [5, 5.41) is 13.5. The molecule has 1 aliphatic rings. The molecule has 8 heteroatoms. The Morgan fingerprint density at radius 1 is 1.48 bits per heavy atom. The van der Waals surface area contributed by atoms with Crippen LogP contribution in [0.4, 0.5) is 24.5 Å². The molecule has 1 heterocycles. The van der Waals surface area contributed by atoms with E-state index in [1.54, 1.807) is 13.8 Å². The number of benzene rings is 1. The molecule has 1 saturated heterocycles. The van der Waals surface area contributed by atoms with Gasteiger partial charge in [-0.3, -0.25) is 10.1 Å².